The van der Waals surface area contributed by atoms with Gasteiger partial charge in [-0.05, 0) is 28.1 Å². The van der Waals surface area contributed by atoms with Gasteiger partial charge in [-0.3, -0.25) is 4.55 Å². The molecule has 0 heterocycles. The molecule has 0 unspecified atom stereocenters. The first-order valence-electron chi connectivity index (χ1n) is 3.02. The van der Waals surface area contributed by atoms with Crippen LogP contribution < -0.4 is 6.15 Å². The van der Waals surface area contributed by atoms with Crippen LogP contribution in [0.4, 0.5) is 0 Å². The summed E-state index contributed by atoms with van der Waals surface area (Å²) in [7, 11) is 1.83. The van der Waals surface area contributed by atoms with Gasteiger partial charge in [-0.2, -0.15) is 8.42 Å². The average molecular weight is 202 g/mol. The third-order valence-corrected chi connectivity index (χ3v) is 0.800. The maximum absolute atomic E-state index is 9.56. The van der Waals surface area contributed by atoms with Gasteiger partial charge in [-0.1, -0.05) is 0 Å². The van der Waals surface area contributed by atoms with E-state index in [-0.39, 0.29) is 12.8 Å². The van der Waals surface area contributed by atoms with Crippen molar-refractivity contribution in [1.29, 1.82) is 0 Å². The highest BCUT2D eigenvalue weighted by Gasteiger charge is 1.98. The Bertz CT molecular complexity index is 164. The summed E-state index contributed by atoms with van der Waals surface area (Å²) in [5.41, 5.74) is 0. The number of hydrogen-bond acceptors (Lipinski definition) is 5. The predicted octanol–water partition coefficient (Wildman–Crippen LogP) is 0.166. The second kappa shape index (κ2) is 8.88. The number of rotatable bonds is 2. The molecule has 0 aromatic carbocycles. The maximum atomic E-state index is 9.56. The molecule has 7 heteroatoms. The molecule has 0 spiro atoms. The largest absolute Gasteiger partial charge is 0.397 e. The van der Waals surface area contributed by atoms with E-state index in [9.17, 15) is 8.42 Å². The van der Waals surface area contributed by atoms with E-state index in [0.29, 0.717) is 0 Å². The molecule has 0 rings (SSSR count). The lowest BCUT2D eigenvalue weighted by Gasteiger charge is -1.90. The van der Waals surface area contributed by atoms with Crippen molar-refractivity contribution in [3.8, 4) is 0 Å². The first kappa shape index (κ1) is 17.8. The Balaban J connectivity index is -0.000000142. The van der Waals surface area contributed by atoms with Crippen molar-refractivity contribution < 1.29 is 17.2 Å². The van der Waals surface area contributed by atoms with E-state index in [1.54, 1.807) is 0 Å². The summed E-state index contributed by atoms with van der Waals surface area (Å²) in [6.45, 7) is 1.44. The molecule has 0 amide bonds. The van der Waals surface area contributed by atoms with Crippen LogP contribution in [0, 0.1) is 0 Å². The van der Waals surface area contributed by atoms with Gasteiger partial charge in [-0.15, -0.1) is 0 Å². The minimum Gasteiger partial charge on any atom is -0.344 e. The van der Waals surface area contributed by atoms with Crippen LogP contribution in [0.15, 0.2) is 0 Å². The fourth-order valence-corrected chi connectivity index (χ4v) is 0.447. The smallest absolute Gasteiger partial charge is 0.344 e. The lowest BCUT2D eigenvalue weighted by Crippen LogP contribution is -2.01. The van der Waals surface area contributed by atoms with Gasteiger partial charge in [0.25, 0.3) is 0 Å². The van der Waals surface area contributed by atoms with Crippen LogP contribution in [0.1, 0.15) is 6.92 Å². The van der Waals surface area contributed by atoms with Gasteiger partial charge < -0.3 is 11.1 Å². The summed E-state index contributed by atoms with van der Waals surface area (Å²) >= 11 is 0. The topological polar surface area (TPSA) is 102 Å². The molecule has 78 valence electrons. The summed E-state index contributed by atoms with van der Waals surface area (Å²) in [6.07, 6.45) is 0. The summed E-state index contributed by atoms with van der Waals surface area (Å²) in [4.78, 5) is 2.00. The molecule has 0 saturated heterocycles. The highest BCUT2D eigenvalue weighted by atomic mass is 32.3. The van der Waals surface area contributed by atoms with Gasteiger partial charge in [0.05, 0.1) is 6.61 Å². The van der Waals surface area contributed by atoms with Gasteiger partial charge in [0, 0.05) is 0 Å². The Morgan fingerprint density at radius 3 is 1.58 bits per heavy atom. The minimum atomic E-state index is -4.17. The number of hydrogen-bond donors (Lipinski definition) is 2. The summed E-state index contributed by atoms with van der Waals surface area (Å²) in [5, 5.41) is 0. The van der Waals surface area contributed by atoms with E-state index in [2.05, 4.69) is 4.18 Å². The second-order valence-electron chi connectivity index (χ2n) is 2.18. The molecule has 0 aliphatic carbocycles. The van der Waals surface area contributed by atoms with E-state index >= 15 is 0 Å². The second-order valence-corrected chi connectivity index (χ2v) is 3.27. The van der Waals surface area contributed by atoms with Crippen LogP contribution in [0.25, 0.3) is 0 Å². The first-order valence-corrected chi connectivity index (χ1v) is 4.39. The zero-order chi connectivity index (χ0) is 9.49. The van der Waals surface area contributed by atoms with Crippen molar-refractivity contribution in [3.63, 3.8) is 0 Å². The predicted molar refractivity (Wildman–Crippen MR) is 47.8 cm³/mol. The van der Waals surface area contributed by atoms with E-state index in [4.69, 9.17) is 4.55 Å². The Hall–Kier alpha value is -0.210. The quantitative estimate of drug-likeness (QED) is 0.619. The van der Waals surface area contributed by atoms with Gasteiger partial charge in [0.15, 0.2) is 0 Å². The van der Waals surface area contributed by atoms with Crippen molar-refractivity contribution in [3.05, 3.63) is 0 Å². The van der Waals surface area contributed by atoms with Crippen molar-refractivity contribution in [2.75, 3.05) is 27.7 Å². The molecular formula is C5H18N2O4S. The monoisotopic (exact) mass is 202 g/mol. The maximum Gasteiger partial charge on any atom is 0.397 e. The molecule has 0 fully saturated rings. The van der Waals surface area contributed by atoms with Crippen molar-refractivity contribution in [2.45, 2.75) is 6.92 Å². The highest BCUT2D eigenvalue weighted by molar-refractivity contribution is 7.80. The van der Waals surface area contributed by atoms with Crippen molar-refractivity contribution in [2.24, 2.45) is 0 Å². The SMILES string of the molecule is CCOS(=O)(=O)O.CN(C)C.N. The van der Waals surface area contributed by atoms with Gasteiger partial charge in [0.2, 0.25) is 0 Å². The molecule has 0 radical (unpaired) electrons. The normalized spacial score (nSPS) is 9.83. The molecular weight excluding hydrogens is 184 g/mol. The molecule has 0 saturated carbocycles. The summed E-state index contributed by atoms with van der Waals surface area (Å²) in [5.74, 6) is 0. The van der Waals surface area contributed by atoms with Crippen molar-refractivity contribution in [1.82, 2.24) is 11.1 Å². The van der Waals surface area contributed by atoms with Crippen LogP contribution in [0.5, 0.6) is 0 Å². The highest BCUT2D eigenvalue weighted by Crippen LogP contribution is 1.81. The minimum absolute atomic E-state index is 0. The average Bonchev–Trinajstić information content (AvgIpc) is 1.58. The lowest BCUT2D eigenvalue weighted by molar-refractivity contribution is 0.283. The molecule has 12 heavy (non-hydrogen) atoms. The Morgan fingerprint density at radius 1 is 1.33 bits per heavy atom. The molecule has 0 aromatic rings. The van der Waals surface area contributed by atoms with E-state index in [1.807, 2.05) is 26.0 Å². The van der Waals surface area contributed by atoms with Gasteiger partial charge >= 0.3 is 10.4 Å². The fourth-order valence-electron chi connectivity index (χ4n) is 0.149. The standard InChI is InChI=1S/C3H9N.C2H6O4S.H3N/c1-4(2)3;1-2-6-7(3,4)5;/h1-3H3;2H2,1H3,(H,3,4,5);1H3. The van der Waals surface area contributed by atoms with Crippen LogP contribution in [0.2, 0.25) is 0 Å². The number of nitrogens with zero attached hydrogens (tertiary/aromatic N) is 1. The van der Waals surface area contributed by atoms with Crippen LogP contribution >= 0.6 is 0 Å². The third kappa shape index (κ3) is 52.7. The fraction of sp³-hybridized carbons (Fsp3) is 1.00. The molecule has 0 aliphatic heterocycles. The molecule has 0 aliphatic rings. The Labute approximate surface area is 74.1 Å². The van der Waals surface area contributed by atoms with E-state index in [1.165, 1.54) is 6.92 Å². The summed E-state index contributed by atoms with van der Waals surface area (Å²) < 4.78 is 30.7. The molecule has 6 nitrogen and oxygen atoms in total. The summed E-state index contributed by atoms with van der Waals surface area (Å²) in [6, 6.07) is 0. The van der Waals surface area contributed by atoms with Crippen LogP contribution in [-0.4, -0.2) is 45.6 Å². The first-order chi connectivity index (χ1) is 4.79. The zero-order valence-electron chi connectivity index (χ0n) is 7.94. The zero-order valence-corrected chi connectivity index (χ0v) is 8.76. The lowest BCUT2D eigenvalue weighted by atomic mass is 10.9. The van der Waals surface area contributed by atoms with Crippen LogP contribution in [0.3, 0.4) is 0 Å². The molecule has 0 atom stereocenters. The van der Waals surface area contributed by atoms with Crippen molar-refractivity contribution >= 4 is 10.4 Å². The molecule has 0 aromatic heterocycles. The van der Waals surface area contributed by atoms with Gasteiger partial charge in [-0.25, -0.2) is 4.18 Å². The van der Waals surface area contributed by atoms with Gasteiger partial charge in [0.1, 0.15) is 0 Å². The third-order valence-electron chi connectivity index (χ3n) is 0.267. The van der Waals surface area contributed by atoms with Crippen LogP contribution in [-0.2, 0) is 14.6 Å². The Morgan fingerprint density at radius 2 is 1.58 bits per heavy atom. The molecule has 0 bridgehead atoms. The Kier molecular flexibility index (Phi) is 13.2. The van der Waals surface area contributed by atoms with E-state index in [0.717, 1.165) is 0 Å². The molecule has 4 N–H and O–H groups in total. The van der Waals surface area contributed by atoms with E-state index < -0.39 is 10.4 Å².